The molecule has 6 heteroatoms. The lowest BCUT2D eigenvalue weighted by atomic mass is 10.2. The van der Waals surface area contributed by atoms with Gasteiger partial charge in [0.2, 0.25) is 0 Å². The van der Waals surface area contributed by atoms with Crippen molar-refractivity contribution in [3.8, 4) is 0 Å². The summed E-state index contributed by atoms with van der Waals surface area (Å²) >= 11 is 0. The van der Waals surface area contributed by atoms with E-state index in [4.69, 9.17) is 4.18 Å². The van der Waals surface area contributed by atoms with Gasteiger partial charge < -0.3 is 0 Å². The standard InChI is InChI=1S/C11H14N2O3S/c1-9-3-5-10(6-4-9)17(14,15)16-8-7-11(2)12-13-11/h3-6H,7-8H2,1-2H3. The number of nitrogens with zero attached hydrogens (tertiary/aromatic N) is 2. The van der Waals surface area contributed by atoms with Gasteiger partial charge in [-0.3, -0.25) is 4.18 Å². The number of rotatable bonds is 5. The molecule has 5 nitrogen and oxygen atoms in total. The van der Waals surface area contributed by atoms with Gasteiger partial charge in [0.05, 0.1) is 11.5 Å². The van der Waals surface area contributed by atoms with Crippen LogP contribution in [0.4, 0.5) is 0 Å². The van der Waals surface area contributed by atoms with Gasteiger partial charge in [-0.1, -0.05) is 17.7 Å². The van der Waals surface area contributed by atoms with Crippen LogP contribution in [-0.2, 0) is 14.3 Å². The molecule has 2 rings (SSSR count). The highest BCUT2D eigenvalue weighted by atomic mass is 32.2. The smallest absolute Gasteiger partial charge is 0.266 e. The molecule has 0 aromatic heterocycles. The van der Waals surface area contributed by atoms with Crippen LogP contribution < -0.4 is 0 Å². The van der Waals surface area contributed by atoms with Gasteiger partial charge in [-0.15, -0.1) is 0 Å². The largest absolute Gasteiger partial charge is 0.296 e. The fourth-order valence-corrected chi connectivity index (χ4v) is 2.21. The van der Waals surface area contributed by atoms with Crippen molar-refractivity contribution < 1.29 is 12.6 Å². The van der Waals surface area contributed by atoms with Crippen LogP contribution in [0, 0.1) is 6.92 Å². The van der Waals surface area contributed by atoms with Gasteiger partial charge in [0.15, 0.2) is 5.66 Å². The molecule has 17 heavy (non-hydrogen) atoms. The molecule has 0 saturated carbocycles. The first-order valence-electron chi connectivity index (χ1n) is 5.31. The van der Waals surface area contributed by atoms with Crippen molar-refractivity contribution in [1.29, 1.82) is 0 Å². The molecule has 0 aliphatic carbocycles. The van der Waals surface area contributed by atoms with Crippen molar-refractivity contribution in [2.75, 3.05) is 6.61 Å². The number of benzene rings is 1. The summed E-state index contributed by atoms with van der Waals surface area (Å²) in [6.07, 6.45) is 0.484. The highest BCUT2D eigenvalue weighted by Crippen LogP contribution is 2.30. The molecule has 0 unspecified atom stereocenters. The first-order chi connectivity index (χ1) is 7.91. The lowest BCUT2D eigenvalue weighted by Gasteiger charge is -2.07. The molecule has 1 aliphatic rings. The lowest BCUT2D eigenvalue weighted by Crippen LogP contribution is -2.13. The predicted molar refractivity (Wildman–Crippen MR) is 62.2 cm³/mol. The zero-order valence-electron chi connectivity index (χ0n) is 9.75. The predicted octanol–water partition coefficient (Wildman–Crippen LogP) is 2.27. The van der Waals surface area contributed by atoms with Gasteiger partial charge in [0, 0.05) is 6.42 Å². The molecular weight excluding hydrogens is 240 g/mol. The van der Waals surface area contributed by atoms with Crippen LogP contribution in [0.25, 0.3) is 0 Å². The summed E-state index contributed by atoms with van der Waals surface area (Å²) in [6.45, 7) is 3.82. The van der Waals surface area contributed by atoms with E-state index in [0.29, 0.717) is 6.42 Å². The molecular formula is C11H14N2O3S. The normalized spacial score (nSPS) is 17.1. The Kier molecular flexibility index (Phi) is 3.01. The molecule has 1 heterocycles. The van der Waals surface area contributed by atoms with Crippen molar-refractivity contribution in [3.05, 3.63) is 29.8 Å². The Morgan fingerprint density at radius 2 is 1.82 bits per heavy atom. The molecule has 0 saturated heterocycles. The van der Waals surface area contributed by atoms with Crippen molar-refractivity contribution in [2.24, 2.45) is 10.2 Å². The summed E-state index contributed by atoms with van der Waals surface area (Å²) in [5.41, 5.74) is 0.579. The highest BCUT2D eigenvalue weighted by molar-refractivity contribution is 7.86. The second kappa shape index (κ2) is 4.19. The molecule has 0 amide bonds. The lowest BCUT2D eigenvalue weighted by molar-refractivity contribution is 0.295. The highest BCUT2D eigenvalue weighted by Gasteiger charge is 2.33. The Labute approximate surface area is 101 Å². The molecule has 0 N–H and O–H groups in total. The van der Waals surface area contributed by atoms with Gasteiger partial charge in [0.25, 0.3) is 10.1 Å². The quantitative estimate of drug-likeness (QED) is 0.757. The number of hydrogen-bond donors (Lipinski definition) is 0. The van der Waals surface area contributed by atoms with E-state index < -0.39 is 15.8 Å². The molecule has 1 aliphatic heterocycles. The molecule has 1 aromatic rings. The van der Waals surface area contributed by atoms with Crippen molar-refractivity contribution >= 4 is 10.1 Å². The van der Waals surface area contributed by atoms with E-state index in [1.807, 2.05) is 13.8 Å². The fourth-order valence-electron chi connectivity index (χ4n) is 1.30. The molecule has 92 valence electrons. The molecule has 0 bridgehead atoms. The van der Waals surface area contributed by atoms with Gasteiger partial charge in [-0.05, 0) is 26.0 Å². The number of hydrogen-bond acceptors (Lipinski definition) is 5. The number of aryl methyl sites for hydroxylation is 1. The Balaban J connectivity index is 1.96. The van der Waals surface area contributed by atoms with Crippen LogP contribution in [0.2, 0.25) is 0 Å². The summed E-state index contributed by atoms with van der Waals surface area (Å²) in [5, 5.41) is 7.58. The summed E-state index contributed by atoms with van der Waals surface area (Å²) in [6, 6.07) is 6.56. The molecule has 0 spiro atoms. The fraction of sp³-hybridized carbons (Fsp3) is 0.455. The molecule has 0 fully saturated rings. The van der Waals surface area contributed by atoms with Crippen molar-refractivity contribution in [1.82, 2.24) is 0 Å². The summed E-state index contributed by atoms with van der Waals surface area (Å²) in [4.78, 5) is 0.179. The average molecular weight is 254 g/mol. The van der Waals surface area contributed by atoms with E-state index in [9.17, 15) is 8.42 Å². The summed E-state index contributed by atoms with van der Waals surface area (Å²) in [7, 11) is -3.66. The van der Waals surface area contributed by atoms with Gasteiger partial charge in [0.1, 0.15) is 0 Å². The Hall–Kier alpha value is -1.27. The molecule has 0 radical (unpaired) electrons. The Bertz CT molecular complexity index is 528. The summed E-state index contributed by atoms with van der Waals surface area (Å²) in [5.74, 6) is 0. The minimum absolute atomic E-state index is 0.0969. The van der Waals surface area contributed by atoms with E-state index in [2.05, 4.69) is 10.2 Å². The first-order valence-corrected chi connectivity index (χ1v) is 6.72. The third kappa shape index (κ3) is 3.10. The maximum Gasteiger partial charge on any atom is 0.296 e. The van der Waals surface area contributed by atoms with Crippen LogP contribution in [0.5, 0.6) is 0 Å². The zero-order valence-corrected chi connectivity index (χ0v) is 10.6. The third-order valence-electron chi connectivity index (χ3n) is 2.57. The third-order valence-corrected chi connectivity index (χ3v) is 3.89. The second-order valence-corrected chi connectivity index (χ2v) is 5.87. The minimum atomic E-state index is -3.66. The van der Waals surface area contributed by atoms with E-state index in [1.165, 1.54) is 12.1 Å². The first kappa shape index (κ1) is 12.2. The second-order valence-electron chi connectivity index (χ2n) is 4.26. The maximum absolute atomic E-state index is 11.8. The molecule has 1 aromatic carbocycles. The Morgan fingerprint density at radius 1 is 1.24 bits per heavy atom. The van der Waals surface area contributed by atoms with Gasteiger partial charge in [-0.25, -0.2) is 0 Å². The maximum atomic E-state index is 11.8. The van der Waals surface area contributed by atoms with Crippen LogP contribution in [0.1, 0.15) is 18.9 Å². The van der Waals surface area contributed by atoms with E-state index in [0.717, 1.165) is 5.56 Å². The topological polar surface area (TPSA) is 68.1 Å². The van der Waals surface area contributed by atoms with Crippen LogP contribution >= 0.6 is 0 Å². The zero-order chi connectivity index (χ0) is 12.5. The van der Waals surface area contributed by atoms with E-state index in [-0.39, 0.29) is 11.5 Å². The average Bonchev–Trinajstić information content (AvgIpc) is 2.97. The van der Waals surface area contributed by atoms with Crippen LogP contribution in [-0.4, -0.2) is 20.7 Å². The van der Waals surface area contributed by atoms with Crippen LogP contribution in [0.3, 0.4) is 0 Å². The molecule has 0 atom stereocenters. The summed E-state index contributed by atoms with van der Waals surface area (Å²) < 4.78 is 28.5. The van der Waals surface area contributed by atoms with Gasteiger partial charge in [-0.2, -0.15) is 18.6 Å². The SMILES string of the molecule is Cc1ccc(S(=O)(=O)OCCC2(C)N=N2)cc1. The monoisotopic (exact) mass is 254 g/mol. The van der Waals surface area contributed by atoms with Gasteiger partial charge >= 0.3 is 0 Å². The van der Waals surface area contributed by atoms with Crippen molar-refractivity contribution in [2.45, 2.75) is 30.8 Å². The Morgan fingerprint density at radius 3 is 2.35 bits per heavy atom. The minimum Gasteiger partial charge on any atom is -0.266 e. The van der Waals surface area contributed by atoms with E-state index >= 15 is 0 Å². The van der Waals surface area contributed by atoms with Crippen molar-refractivity contribution in [3.63, 3.8) is 0 Å². The van der Waals surface area contributed by atoms with Crippen LogP contribution in [0.15, 0.2) is 39.4 Å². The van der Waals surface area contributed by atoms with E-state index in [1.54, 1.807) is 12.1 Å².